The maximum atomic E-state index is 13.4. The van der Waals surface area contributed by atoms with Crippen molar-refractivity contribution >= 4 is 34.0 Å². The van der Waals surface area contributed by atoms with Crippen molar-refractivity contribution in [2.24, 2.45) is 0 Å². The number of benzene rings is 2. The molecule has 2 amide bonds. The number of carbonyl (C=O) groups is 2. The molecule has 0 bridgehead atoms. The van der Waals surface area contributed by atoms with Gasteiger partial charge in [-0.25, -0.2) is 4.98 Å². The minimum Gasteiger partial charge on any atom is -0.339 e. The van der Waals surface area contributed by atoms with E-state index in [-0.39, 0.29) is 11.8 Å². The Balaban J connectivity index is 1.45. The second-order valence-electron chi connectivity index (χ2n) is 8.51. The van der Waals surface area contributed by atoms with Gasteiger partial charge >= 0.3 is 0 Å². The molecule has 178 valence electrons. The number of nitrogens with one attached hydrogen (secondary N) is 2. The van der Waals surface area contributed by atoms with Crippen LogP contribution in [0.4, 0.5) is 10.8 Å². The summed E-state index contributed by atoms with van der Waals surface area (Å²) in [6.07, 6.45) is 0.442. The van der Waals surface area contributed by atoms with E-state index in [0.717, 1.165) is 36.4 Å². The molecular weight excluding hydrogens is 446 g/mol. The van der Waals surface area contributed by atoms with Gasteiger partial charge in [-0.2, -0.15) is 0 Å². The van der Waals surface area contributed by atoms with Gasteiger partial charge in [0.2, 0.25) is 5.91 Å². The summed E-state index contributed by atoms with van der Waals surface area (Å²) in [5, 5.41) is 8.56. The molecule has 34 heavy (non-hydrogen) atoms. The number of anilines is 2. The Bertz CT molecular complexity index is 1110. The van der Waals surface area contributed by atoms with E-state index in [0.29, 0.717) is 30.3 Å². The molecule has 1 aliphatic heterocycles. The summed E-state index contributed by atoms with van der Waals surface area (Å²) in [7, 11) is 0. The molecule has 1 unspecified atom stereocenters. The van der Waals surface area contributed by atoms with Gasteiger partial charge in [0.15, 0.2) is 5.13 Å². The first kappa shape index (κ1) is 23.9. The van der Waals surface area contributed by atoms with Gasteiger partial charge in [-0.1, -0.05) is 49.4 Å². The van der Waals surface area contributed by atoms with Gasteiger partial charge in [-0.15, -0.1) is 11.3 Å². The van der Waals surface area contributed by atoms with E-state index in [1.54, 1.807) is 5.38 Å². The zero-order valence-electron chi connectivity index (χ0n) is 19.7. The van der Waals surface area contributed by atoms with Crippen LogP contribution in [0, 0.1) is 6.92 Å². The summed E-state index contributed by atoms with van der Waals surface area (Å²) in [6, 6.07) is 17.1. The topological polar surface area (TPSA) is 77.6 Å². The number of aryl methyl sites for hydroxylation is 1. The molecule has 0 aliphatic carbocycles. The van der Waals surface area contributed by atoms with Gasteiger partial charge in [0, 0.05) is 43.7 Å². The number of thiazole rings is 1. The predicted molar refractivity (Wildman–Crippen MR) is 137 cm³/mol. The molecule has 1 aromatic heterocycles. The molecule has 2 aromatic carbocycles. The number of hydrogen-bond donors (Lipinski definition) is 2. The molecule has 7 nitrogen and oxygen atoms in total. The third kappa shape index (κ3) is 6.21. The van der Waals surface area contributed by atoms with Crippen LogP contribution in [0.3, 0.4) is 0 Å². The highest BCUT2D eigenvalue weighted by molar-refractivity contribution is 7.14. The van der Waals surface area contributed by atoms with Crippen molar-refractivity contribution in [3.05, 3.63) is 76.8 Å². The van der Waals surface area contributed by atoms with E-state index in [1.165, 1.54) is 11.3 Å². The van der Waals surface area contributed by atoms with Gasteiger partial charge in [0.05, 0.1) is 0 Å². The minimum atomic E-state index is -0.641. The average Bonchev–Trinajstić information content (AvgIpc) is 3.32. The highest BCUT2D eigenvalue weighted by atomic mass is 32.1. The molecule has 0 spiro atoms. The van der Waals surface area contributed by atoms with Crippen LogP contribution in [0.15, 0.2) is 60.0 Å². The Morgan fingerprint density at radius 1 is 1.06 bits per heavy atom. The lowest BCUT2D eigenvalue weighted by atomic mass is 10.0. The van der Waals surface area contributed by atoms with Gasteiger partial charge in [0.25, 0.3) is 5.91 Å². The Morgan fingerprint density at radius 2 is 1.82 bits per heavy atom. The van der Waals surface area contributed by atoms with Gasteiger partial charge in [-0.05, 0) is 36.7 Å². The molecule has 1 aliphatic rings. The molecule has 1 atom stereocenters. The van der Waals surface area contributed by atoms with Crippen LogP contribution in [-0.2, 0) is 11.2 Å². The lowest BCUT2D eigenvalue weighted by molar-refractivity contribution is -0.135. The fourth-order valence-electron chi connectivity index (χ4n) is 4.07. The number of piperazine rings is 1. The van der Waals surface area contributed by atoms with Crippen molar-refractivity contribution in [2.45, 2.75) is 26.3 Å². The zero-order valence-corrected chi connectivity index (χ0v) is 20.5. The predicted octanol–water partition coefficient (Wildman–Crippen LogP) is 3.70. The Kier molecular flexibility index (Phi) is 7.92. The third-order valence-electron chi connectivity index (χ3n) is 6.02. The second kappa shape index (κ2) is 11.3. The molecular formula is C26H31N5O2S. The molecule has 3 aromatic rings. The van der Waals surface area contributed by atoms with E-state index in [4.69, 9.17) is 0 Å². The Morgan fingerprint density at radius 3 is 2.53 bits per heavy atom. The standard InChI is InChI=1S/C26H31N5O2S/c1-3-30-12-14-31(15-13-30)25(33)22(17-20-9-5-4-6-10-20)28-24(32)23-18-34-26(29-23)27-21-11-7-8-19(2)16-21/h4-11,16,18,22H,3,12-15,17H2,1-2H3,(H,27,29)(H,28,32). The molecule has 2 heterocycles. The highest BCUT2D eigenvalue weighted by Gasteiger charge is 2.29. The summed E-state index contributed by atoms with van der Waals surface area (Å²) in [4.78, 5) is 35.1. The largest absolute Gasteiger partial charge is 0.339 e. The third-order valence-corrected chi connectivity index (χ3v) is 6.78. The number of aromatic nitrogens is 1. The Labute approximate surface area is 204 Å². The van der Waals surface area contributed by atoms with Crippen LogP contribution in [0.25, 0.3) is 0 Å². The molecule has 0 radical (unpaired) electrons. The molecule has 0 saturated carbocycles. The van der Waals surface area contributed by atoms with Crippen molar-refractivity contribution in [2.75, 3.05) is 38.0 Å². The first-order chi connectivity index (χ1) is 16.5. The average molecular weight is 478 g/mol. The summed E-state index contributed by atoms with van der Waals surface area (Å²) in [6.45, 7) is 8.20. The summed E-state index contributed by atoms with van der Waals surface area (Å²) >= 11 is 1.36. The molecule has 4 rings (SSSR count). The number of hydrogen-bond acceptors (Lipinski definition) is 6. The zero-order chi connectivity index (χ0) is 23.9. The number of likely N-dealkylation sites (N-methyl/N-ethyl adjacent to an activating group) is 1. The van der Waals surface area contributed by atoms with Crippen LogP contribution >= 0.6 is 11.3 Å². The van der Waals surface area contributed by atoms with E-state index < -0.39 is 6.04 Å². The van der Waals surface area contributed by atoms with E-state index >= 15 is 0 Å². The van der Waals surface area contributed by atoms with Gasteiger partial charge in [-0.3, -0.25) is 9.59 Å². The summed E-state index contributed by atoms with van der Waals surface area (Å²) in [5.41, 5.74) is 3.38. The van der Waals surface area contributed by atoms with Crippen molar-refractivity contribution in [3.8, 4) is 0 Å². The maximum Gasteiger partial charge on any atom is 0.271 e. The normalized spacial score (nSPS) is 15.1. The van der Waals surface area contributed by atoms with Gasteiger partial charge < -0.3 is 20.4 Å². The molecule has 1 fully saturated rings. The van der Waals surface area contributed by atoms with Crippen molar-refractivity contribution in [1.29, 1.82) is 0 Å². The molecule has 8 heteroatoms. The first-order valence-corrected chi connectivity index (χ1v) is 12.5. The number of amides is 2. The first-order valence-electron chi connectivity index (χ1n) is 11.7. The van der Waals surface area contributed by atoms with Crippen molar-refractivity contribution in [3.63, 3.8) is 0 Å². The maximum absolute atomic E-state index is 13.4. The van der Waals surface area contributed by atoms with Crippen LogP contribution in [0.1, 0.15) is 28.5 Å². The number of rotatable bonds is 8. The minimum absolute atomic E-state index is 0.0405. The van der Waals surface area contributed by atoms with Crippen LogP contribution in [0.2, 0.25) is 0 Å². The lowest BCUT2D eigenvalue weighted by Gasteiger charge is -2.36. The SMILES string of the molecule is CCN1CCN(C(=O)C(Cc2ccccc2)NC(=O)c2csc(Nc3cccc(C)c3)n2)CC1. The van der Waals surface area contributed by atoms with Crippen molar-refractivity contribution in [1.82, 2.24) is 20.1 Å². The fraction of sp³-hybridized carbons (Fsp3) is 0.346. The molecule has 1 saturated heterocycles. The van der Waals surface area contributed by atoms with Crippen LogP contribution in [-0.4, -0.2) is 65.4 Å². The fourth-order valence-corrected chi connectivity index (χ4v) is 4.78. The van der Waals surface area contributed by atoms with E-state index in [9.17, 15) is 9.59 Å². The second-order valence-corrected chi connectivity index (χ2v) is 9.37. The number of nitrogens with zero attached hydrogens (tertiary/aromatic N) is 3. The summed E-state index contributed by atoms with van der Waals surface area (Å²) < 4.78 is 0. The van der Waals surface area contributed by atoms with Crippen LogP contribution < -0.4 is 10.6 Å². The number of carbonyl (C=O) groups excluding carboxylic acids is 2. The summed E-state index contributed by atoms with van der Waals surface area (Å²) in [5.74, 6) is -0.378. The molecule has 2 N–H and O–H groups in total. The quantitative estimate of drug-likeness (QED) is 0.517. The highest BCUT2D eigenvalue weighted by Crippen LogP contribution is 2.22. The van der Waals surface area contributed by atoms with Crippen molar-refractivity contribution < 1.29 is 9.59 Å². The monoisotopic (exact) mass is 477 g/mol. The van der Waals surface area contributed by atoms with E-state index in [1.807, 2.05) is 66.4 Å². The smallest absolute Gasteiger partial charge is 0.271 e. The van der Waals surface area contributed by atoms with E-state index in [2.05, 4.69) is 27.4 Å². The van der Waals surface area contributed by atoms with Gasteiger partial charge in [0.1, 0.15) is 11.7 Å². The van der Waals surface area contributed by atoms with Crippen LogP contribution in [0.5, 0.6) is 0 Å². The Hall–Kier alpha value is -3.23. The lowest BCUT2D eigenvalue weighted by Crippen LogP contribution is -2.55.